The van der Waals surface area contributed by atoms with Crippen molar-refractivity contribution in [1.82, 2.24) is 10.3 Å². The minimum atomic E-state index is -0.696. The Bertz CT molecular complexity index is 1320. The van der Waals surface area contributed by atoms with Gasteiger partial charge in [-0.2, -0.15) is 10.5 Å². The molecule has 1 unspecified atom stereocenters. The molecule has 3 aromatic rings. The van der Waals surface area contributed by atoms with E-state index in [1.54, 1.807) is 7.11 Å². The Kier molecular flexibility index (Phi) is 5.83. The Morgan fingerprint density at radius 2 is 1.97 bits per heavy atom. The number of nitrogens with two attached hydrogens (primary N) is 2. The molecule has 0 saturated carbocycles. The van der Waals surface area contributed by atoms with Gasteiger partial charge in [-0.05, 0) is 23.8 Å². The molecule has 0 amide bonds. The van der Waals surface area contributed by atoms with E-state index >= 15 is 0 Å². The first-order chi connectivity index (χ1) is 16.0. The zero-order chi connectivity index (χ0) is 23.4. The zero-order valence-corrected chi connectivity index (χ0v) is 17.7. The van der Waals surface area contributed by atoms with Gasteiger partial charge in [0.1, 0.15) is 47.4 Å². The van der Waals surface area contributed by atoms with Crippen LogP contribution in [0, 0.1) is 22.8 Å². The second kappa shape index (κ2) is 9.04. The molecule has 0 radical (unpaired) electrons. The van der Waals surface area contributed by atoms with E-state index in [2.05, 4.69) is 20.6 Å². The van der Waals surface area contributed by atoms with Crippen molar-refractivity contribution in [2.45, 2.75) is 12.6 Å². The van der Waals surface area contributed by atoms with Crippen molar-refractivity contribution in [3.8, 4) is 23.8 Å². The molecule has 4 rings (SSSR count). The van der Waals surface area contributed by atoms with Gasteiger partial charge in [-0.1, -0.05) is 30.3 Å². The number of nitrogens with one attached hydrogen (secondary N) is 2. The lowest BCUT2D eigenvalue weighted by Crippen LogP contribution is -2.32. The number of benzene rings is 2. The average Bonchev–Trinajstić information content (AvgIpc) is 2.83. The number of hydrogen-bond donors (Lipinski definition) is 4. The summed E-state index contributed by atoms with van der Waals surface area (Å²) in [7, 11) is 1.61. The predicted molar refractivity (Wildman–Crippen MR) is 123 cm³/mol. The highest BCUT2D eigenvalue weighted by molar-refractivity contribution is 5.98. The summed E-state index contributed by atoms with van der Waals surface area (Å²) in [5, 5.41) is 24.0. The number of nitrogens with zero attached hydrogens (tertiary/aromatic N) is 4. The fourth-order valence-corrected chi connectivity index (χ4v) is 3.57. The molecule has 0 aliphatic carbocycles. The number of aliphatic imine (C=N–C) groups is 1. The van der Waals surface area contributed by atoms with Crippen molar-refractivity contribution in [1.29, 1.82) is 10.5 Å². The Morgan fingerprint density at radius 3 is 2.73 bits per heavy atom. The molecule has 6 N–H and O–H groups in total. The van der Waals surface area contributed by atoms with Crippen LogP contribution in [0.2, 0.25) is 0 Å². The number of guanidine groups is 1. The van der Waals surface area contributed by atoms with Crippen LogP contribution in [0.1, 0.15) is 28.3 Å². The number of hydrogen-bond acceptors (Lipinski definition) is 10. The first-order valence-corrected chi connectivity index (χ1v) is 9.89. The molecule has 1 atom stereocenters. The van der Waals surface area contributed by atoms with Gasteiger partial charge in [0, 0.05) is 11.1 Å². The maximum Gasteiger partial charge on any atom is 0.211 e. The molecule has 2 aromatic carbocycles. The minimum Gasteiger partial charge on any atom is -0.497 e. The number of pyridine rings is 1. The molecule has 2 heterocycles. The molecule has 0 fully saturated rings. The SMILES string of the molecule is COc1cccc(COc2ccccc2C2N=C(NC#N)Nc3nc(N)c(C#N)c(N)c32)c1. The van der Waals surface area contributed by atoms with E-state index in [0.717, 1.165) is 11.3 Å². The van der Waals surface area contributed by atoms with Gasteiger partial charge < -0.3 is 26.3 Å². The summed E-state index contributed by atoms with van der Waals surface area (Å²) in [5.41, 5.74) is 14.5. The highest BCUT2D eigenvalue weighted by Crippen LogP contribution is 2.43. The van der Waals surface area contributed by atoms with Crippen LogP contribution < -0.4 is 31.6 Å². The predicted octanol–water partition coefficient (Wildman–Crippen LogP) is 2.65. The molecular weight excluding hydrogens is 420 g/mol. The van der Waals surface area contributed by atoms with Crippen molar-refractivity contribution >= 4 is 23.3 Å². The number of methoxy groups -OCH3 is 1. The number of nitriles is 2. The second-order valence-electron chi connectivity index (χ2n) is 7.08. The summed E-state index contributed by atoms with van der Waals surface area (Å²) in [6.45, 7) is 0.290. The van der Waals surface area contributed by atoms with Gasteiger partial charge in [0.2, 0.25) is 5.96 Å². The van der Waals surface area contributed by atoms with Crippen LogP contribution in [0.4, 0.5) is 17.3 Å². The van der Waals surface area contributed by atoms with Gasteiger partial charge >= 0.3 is 0 Å². The molecule has 1 aliphatic rings. The average molecular weight is 440 g/mol. The number of anilines is 3. The summed E-state index contributed by atoms with van der Waals surface area (Å²) < 4.78 is 11.4. The van der Waals surface area contributed by atoms with E-state index in [0.29, 0.717) is 22.7 Å². The maximum atomic E-state index is 9.50. The molecular formula is C23H20N8O2. The van der Waals surface area contributed by atoms with Crippen LogP contribution >= 0.6 is 0 Å². The second-order valence-corrected chi connectivity index (χ2v) is 7.08. The van der Waals surface area contributed by atoms with Gasteiger partial charge in [-0.3, -0.25) is 5.32 Å². The van der Waals surface area contributed by atoms with Crippen LogP contribution in [0.15, 0.2) is 53.5 Å². The van der Waals surface area contributed by atoms with E-state index in [1.807, 2.05) is 60.8 Å². The molecule has 33 heavy (non-hydrogen) atoms. The van der Waals surface area contributed by atoms with Gasteiger partial charge in [0.05, 0.1) is 12.8 Å². The topological polar surface area (TPSA) is 167 Å². The third-order valence-electron chi connectivity index (χ3n) is 5.10. The first kappa shape index (κ1) is 21.3. The summed E-state index contributed by atoms with van der Waals surface area (Å²) in [4.78, 5) is 8.87. The smallest absolute Gasteiger partial charge is 0.211 e. The summed E-state index contributed by atoms with van der Waals surface area (Å²) >= 11 is 0. The number of aromatic nitrogens is 1. The summed E-state index contributed by atoms with van der Waals surface area (Å²) in [6, 6.07) is 16.2. The quantitative estimate of drug-likeness (QED) is 0.344. The van der Waals surface area contributed by atoms with E-state index < -0.39 is 6.04 Å². The Balaban J connectivity index is 1.77. The molecule has 0 bridgehead atoms. The number of nitrogen functional groups attached to an aromatic ring is 2. The fourth-order valence-electron chi connectivity index (χ4n) is 3.57. The van der Waals surface area contributed by atoms with Crippen LogP contribution in [0.5, 0.6) is 11.5 Å². The van der Waals surface area contributed by atoms with Crippen LogP contribution in [0.3, 0.4) is 0 Å². The molecule has 10 heteroatoms. The van der Waals surface area contributed by atoms with E-state index in [4.69, 9.17) is 26.2 Å². The number of fused-ring (bicyclic) bond motifs is 1. The van der Waals surface area contributed by atoms with Gasteiger partial charge in [-0.25, -0.2) is 9.98 Å². The van der Waals surface area contributed by atoms with Gasteiger partial charge in [0.25, 0.3) is 0 Å². The van der Waals surface area contributed by atoms with Crippen molar-refractivity contribution in [3.05, 3.63) is 70.8 Å². The number of ether oxygens (including phenoxy) is 2. The normalized spacial score (nSPS) is 14.0. The monoisotopic (exact) mass is 440 g/mol. The molecule has 0 saturated heterocycles. The van der Waals surface area contributed by atoms with E-state index in [9.17, 15) is 5.26 Å². The van der Waals surface area contributed by atoms with Gasteiger partial charge in [-0.15, -0.1) is 0 Å². The first-order valence-electron chi connectivity index (χ1n) is 9.89. The van der Waals surface area contributed by atoms with E-state index in [-0.39, 0.29) is 29.6 Å². The molecule has 0 spiro atoms. The largest absolute Gasteiger partial charge is 0.497 e. The Labute approximate surface area is 190 Å². The van der Waals surface area contributed by atoms with Crippen LogP contribution in [0.25, 0.3) is 0 Å². The standard InChI is InChI=1S/C23H20N8O2/c1-32-14-6-4-5-13(9-14)11-33-17-8-3-2-7-15(17)20-18-19(26)16(10-24)21(27)30-22(18)31-23(29-20)28-12-25/h2-9,20H,11H2,1H3,(H6,26,27,28,29,30,31). The fraction of sp³-hybridized carbons (Fsp3) is 0.130. The van der Waals surface area contributed by atoms with Crippen molar-refractivity contribution in [2.75, 3.05) is 23.9 Å². The van der Waals surface area contributed by atoms with Crippen molar-refractivity contribution in [2.24, 2.45) is 4.99 Å². The molecule has 164 valence electrons. The lowest BCUT2D eigenvalue weighted by atomic mass is 9.94. The minimum absolute atomic E-state index is 0.0132. The number of rotatable bonds is 5. The highest BCUT2D eigenvalue weighted by Gasteiger charge is 2.31. The third-order valence-corrected chi connectivity index (χ3v) is 5.10. The van der Waals surface area contributed by atoms with Crippen LogP contribution in [-0.4, -0.2) is 18.1 Å². The lowest BCUT2D eigenvalue weighted by Gasteiger charge is -2.27. The molecule has 10 nitrogen and oxygen atoms in total. The van der Waals surface area contributed by atoms with Crippen molar-refractivity contribution in [3.63, 3.8) is 0 Å². The van der Waals surface area contributed by atoms with E-state index in [1.165, 1.54) is 0 Å². The zero-order valence-electron chi connectivity index (χ0n) is 17.7. The maximum absolute atomic E-state index is 9.50. The molecule has 1 aromatic heterocycles. The summed E-state index contributed by atoms with van der Waals surface area (Å²) in [5.74, 6) is 1.76. The lowest BCUT2D eigenvalue weighted by molar-refractivity contribution is 0.301. The van der Waals surface area contributed by atoms with Gasteiger partial charge in [0.15, 0.2) is 6.19 Å². The molecule has 1 aliphatic heterocycles. The Hall–Kier alpha value is -4.96. The Morgan fingerprint density at radius 1 is 1.15 bits per heavy atom. The van der Waals surface area contributed by atoms with Crippen LogP contribution in [-0.2, 0) is 6.61 Å². The number of para-hydroxylation sites is 1. The summed E-state index contributed by atoms with van der Waals surface area (Å²) in [6.07, 6.45) is 1.84. The highest BCUT2D eigenvalue weighted by atomic mass is 16.5. The third kappa shape index (κ3) is 4.13. The van der Waals surface area contributed by atoms with Crippen molar-refractivity contribution < 1.29 is 9.47 Å².